The van der Waals surface area contributed by atoms with Gasteiger partial charge in [-0.15, -0.1) is 0 Å². The largest absolute Gasteiger partial charge is 0.389 e. The van der Waals surface area contributed by atoms with Gasteiger partial charge >= 0.3 is 6.18 Å². The van der Waals surface area contributed by atoms with Crippen molar-refractivity contribution < 1.29 is 27.1 Å². The molecule has 9 heteroatoms. The molecule has 0 saturated carbocycles. The third kappa shape index (κ3) is 6.90. The average molecular weight is 468 g/mol. The minimum atomic E-state index is -4.41. The number of amides is 1. The van der Waals surface area contributed by atoms with Crippen molar-refractivity contribution in [2.45, 2.75) is 65.5 Å². The lowest BCUT2D eigenvalue weighted by molar-refractivity contribution is -0.144. The van der Waals surface area contributed by atoms with Crippen LogP contribution in [0.3, 0.4) is 0 Å². The molecule has 180 valence electrons. The quantitative estimate of drug-likeness (QED) is 0.603. The topological polar surface area (TPSA) is 54.5 Å². The summed E-state index contributed by atoms with van der Waals surface area (Å²) in [4.78, 5) is 18.4. The van der Waals surface area contributed by atoms with Crippen LogP contribution in [0.15, 0.2) is 24.3 Å². The number of nitrogens with zero attached hydrogens (tertiary/aromatic N) is 2. The Kier molecular flexibility index (Phi) is 7.62. The number of aromatic nitrogens is 1. The molecule has 2 unspecified atom stereocenters. The summed E-state index contributed by atoms with van der Waals surface area (Å²) in [5.41, 5.74) is 3.46. The number of alkyl halides is 3. The normalized spacial score (nSPS) is 19.0. The van der Waals surface area contributed by atoms with Gasteiger partial charge in [-0.25, -0.2) is 4.39 Å². The number of morpholine rings is 1. The van der Waals surface area contributed by atoms with E-state index in [4.69, 9.17) is 4.74 Å². The molecule has 0 spiro atoms. The molecule has 0 bridgehead atoms. The van der Waals surface area contributed by atoms with Crippen molar-refractivity contribution in [3.8, 4) is 11.1 Å². The van der Waals surface area contributed by atoms with Gasteiger partial charge in [0.05, 0.1) is 18.6 Å². The standard InChI is InChI=1S/C24H29F4N3O2/c1-14-7-18(8-15(2)30-14)23-19(11-29-22(32)5-6-24(26,27)28)9-20(10-21(23)25)31-12-16(3)33-17(4)13-31/h7-10,16-17H,5-6,11-13H2,1-4H3,(H,29,32). The van der Waals surface area contributed by atoms with Crippen molar-refractivity contribution >= 4 is 11.6 Å². The third-order valence-electron chi connectivity index (χ3n) is 5.42. The fourth-order valence-electron chi connectivity index (χ4n) is 4.20. The van der Waals surface area contributed by atoms with E-state index in [0.29, 0.717) is 46.9 Å². The summed E-state index contributed by atoms with van der Waals surface area (Å²) in [6.45, 7) is 8.56. The zero-order chi connectivity index (χ0) is 24.3. The van der Waals surface area contributed by atoms with Crippen LogP contribution in [0.1, 0.15) is 43.6 Å². The highest BCUT2D eigenvalue weighted by atomic mass is 19.4. The van der Waals surface area contributed by atoms with Gasteiger partial charge in [0, 0.05) is 48.7 Å². The van der Waals surface area contributed by atoms with E-state index in [1.54, 1.807) is 32.0 Å². The number of anilines is 1. The van der Waals surface area contributed by atoms with Crippen LogP contribution in [-0.2, 0) is 16.1 Å². The van der Waals surface area contributed by atoms with Crippen LogP contribution in [0.4, 0.5) is 23.2 Å². The highest BCUT2D eigenvalue weighted by Gasteiger charge is 2.28. The number of aryl methyl sites for hydroxylation is 2. The molecular formula is C24H29F4N3O2. The molecule has 1 aliphatic heterocycles. The van der Waals surface area contributed by atoms with Crippen molar-refractivity contribution in [1.82, 2.24) is 10.3 Å². The molecule has 0 radical (unpaired) electrons. The zero-order valence-corrected chi connectivity index (χ0v) is 19.2. The second kappa shape index (κ2) is 10.1. The molecule has 2 heterocycles. The average Bonchev–Trinajstić information content (AvgIpc) is 2.68. The van der Waals surface area contributed by atoms with E-state index in [2.05, 4.69) is 10.3 Å². The Balaban J connectivity index is 1.95. The number of carbonyl (C=O) groups excluding carboxylic acids is 1. The number of nitrogens with one attached hydrogen (secondary N) is 1. The highest BCUT2D eigenvalue weighted by Crippen LogP contribution is 2.33. The Hall–Kier alpha value is -2.68. The van der Waals surface area contributed by atoms with Crippen LogP contribution >= 0.6 is 0 Å². The number of halogens is 4. The molecule has 1 aromatic carbocycles. The van der Waals surface area contributed by atoms with E-state index >= 15 is 4.39 Å². The van der Waals surface area contributed by atoms with Crippen LogP contribution in [0.5, 0.6) is 0 Å². The van der Waals surface area contributed by atoms with Gasteiger partial charge < -0.3 is 15.0 Å². The maximum absolute atomic E-state index is 15.5. The van der Waals surface area contributed by atoms with Crippen LogP contribution in [0.2, 0.25) is 0 Å². The number of ether oxygens (including phenoxy) is 1. The molecule has 5 nitrogen and oxygen atoms in total. The van der Waals surface area contributed by atoms with Crippen molar-refractivity contribution in [2.75, 3.05) is 18.0 Å². The van der Waals surface area contributed by atoms with Crippen molar-refractivity contribution in [3.05, 3.63) is 47.0 Å². The van der Waals surface area contributed by atoms with Gasteiger partial charge in [0.15, 0.2) is 0 Å². The molecule has 0 aliphatic carbocycles. The number of hydrogen-bond donors (Lipinski definition) is 1. The molecular weight excluding hydrogens is 438 g/mol. The van der Waals surface area contributed by atoms with Crippen LogP contribution in [-0.4, -0.2) is 42.4 Å². The molecule has 1 N–H and O–H groups in total. The SMILES string of the molecule is Cc1cc(-c2c(F)cc(N3CC(C)OC(C)C3)cc2CNC(=O)CCC(F)(F)F)cc(C)n1. The van der Waals surface area contributed by atoms with Gasteiger partial charge in [-0.3, -0.25) is 9.78 Å². The highest BCUT2D eigenvalue weighted by molar-refractivity contribution is 5.77. The second-order valence-electron chi connectivity index (χ2n) is 8.65. The smallest absolute Gasteiger partial charge is 0.372 e. The first kappa shape index (κ1) is 25.0. The van der Waals surface area contributed by atoms with Crippen LogP contribution in [0.25, 0.3) is 11.1 Å². The molecule has 2 atom stereocenters. The Bertz CT molecular complexity index is 980. The maximum Gasteiger partial charge on any atom is 0.389 e. The molecule has 3 rings (SSSR count). The van der Waals surface area contributed by atoms with Gasteiger partial charge in [-0.2, -0.15) is 13.2 Å². The Labute approximate surface area is 191 Å². The van der Waals surface area contributed by atoms with E-state index in [-0.39, 0.29) is 18.8 Å². The minimum absolute atomic E-state index is 0.0347. The first-order chi connectivity index (χ1) is 15.4. The molecule has 1 aliphatic rings. The number of rotatable bonds is 6. The molecule has 1 fully saturated rings. The van der Waals surface area contributed by atoms with Crippen LogP contribution < -0.4 is 10.2 Å². The lowest BCUT2D eigenvalue weighted by Gasteiger charge is -2.37. The first-order valence-corrected chi connectivity index (χ1v) is 10.9. The summed E-state index contributed by atoms with van der Waals surface area (Å²) in [7, 11) is 0. The van der Waals surface area contributed by atoms with E-state index in [1.807, 2.05) is 18.7 Å². The fourth-order valence-corrected chi connectivity index (χ4v) is 4.20. The molecule has 1 amide bonds. The number of pyridine rings is 1. The Morgan fingerprint density at radius 1 is 1.12 bits per heavy atom. The minimum Gasteiger partial charge on any atom is -0.372 e. The molecule has 1 saturated heterocycles. The van der Waals surface area contributed by atoms with Gasteiger partial charge in [0.2, 0.25) is 5.91 Å². The lowest BCUT2D eigenvalue weighted by Crippen LogP contribution is -2.45. The lowest BCUT2D eigenvalue weighted by atomic mass is 9.97. The summed E-state index contributed by atoms with van der Waals surface area (Å²) >= 11 is 0. The second-order valence-corrected chi connectivity index (χ2v) is 8.65. The van der Waals surface area contributed by atoms with E-state index < -0.39 is 30.7 Å². The van der Waals surface area contributed by atoms with Gasteiger partial charge in [0.25, 0.3) is 0 Å². The number of benzene rings is 1. The van der Waals surface area contributed by atoms with Gasteiger partial charge in [-0.1, -0.05) is 0 Å². The maximum atomic E-state index is 15.5. The number of carbonyl (C=O) groups is 1. The van der Waals surface area contributed by atoms with Crippen molar-refractivity contribution in [3.63, 3.8) is 0 Å². The van der Waals surface area contributed by atoms with E-state index in [0.717, 1.165) is 0 Å². The van der Waals surface area contributed by atoms with Gasteiger partial charge in [0.1, 0.15) is 5.82 Å². The number of hydrogen-bond acceptors (Lipinski definition) is 4. The van der Waals surface area contributed by atoms with Gasteiger partial charge in [-0.05, 0) is 63.1 Å². The zero-order valence-electron chi connectivity index (χ0n) is 19.2. The Morgan fingerprint density at radius 2 is 1.73 bits per heavy atom. The first-order valence-electron chi connectivity index (χ1n) is 10.9. The van der Waals surface area contributed by atoms with Crippen molar-refractivity contribution in [1.29, 1.82) is 0 Å². The predicted octanol–water partition coefficient (Wildman–Crippen LogP) is 5.08. The molecule has 33 heavy (non-hydrogen) atoms. The summed E-state index contributed by atoms with van der Waals surface area (Å²) < 4.78 is 58.6. The van der Waals surface area contributed by atoms with E-state index in [9.17, 15) is 18.0 Å². The summed E-state index contributed by atoms with van der Waals surface area (Å²) in [6, 6.07) is 6.75. The summed E-state index contributed by atoms with van der Waals surface area (Å²) in [5.74, 6) is -1.20. The summed E-state index contributed by atoms with van der Waals surface area (Å²) in [6.07, 6.45) is -6.36. The van der Waals surface area contributed by atoms with E-state index in [1.165, 1.54) is 6.07 Å². The van der Waals surface area contributed by atoms with Crippen molar-refractivity contribution in [2.24, 2.45) is 0 Å². The molecule has 1 aromatic heterocycles. The van der Waals surface area contributed by atoms with Crippen LogP contribution in [0, 0.1) is 19.7 Å². The Morgan fingerprint density at radius 3 is 2.30 bits per heavy atom. The molecule has 2 aromatic rings. The monoisotopic (exact) mass is 467 g/mol. The predicted molar refractivity (Wildman–Crippen MR) is 118 cm³/mol. The fraction of sp³-hybridized carbons (Fsp3) is 0.500. The third-order valence-corrected chi connectivity index (χ3v) is 5.42. The summed E-state index contributed by atoms with van der Waals surface area (Å²) in [5, 5.41) is 2.52.